The van der Waals surface area contributed by atoms with Gasteiger partial charge < -0.3 is 14.4 Å². The Morgan fingerprint density at radius 2 is 1.59 bits per heavy atom. The molecule has 0 aromatic heterocycles. The Balaban J connectivity index is 1.69. The molecule has 0 bridgehead atoms. The lowest BCUT2D eigenvalue weighted by atomic mass is 10.3. The van der Waals surface area contributed by atoms with Gasteiger partial charge in [0.25, 0.3) is 0 Å². The highest BCUT2D eigenvalue weighted by atomic mass is 16.5. The minimum atomic E-state index is 0.165. The number of ketones is 1. The molecule has 0 unspecified atom stereocenters. The SMILES string of the molecule is O=C(/C=C/N1CCOCC1)CN1CCOCC1. The molecule has 0 aliphatic carbocycles. The van der Waals surface area contributed by atoms with Gasteiger partial charge in [0.05, 0.1) is 33.0 Å². The smallest absolute Gasteiger partial charge is 0.171 e. The van der Waals surface area contributed by atoms with Crippen molar-refractivity contribution in [1.29, 1.82) is 0 Å². The molecule has 0 atom stereocenters. The van der Waals surface area contributed by atoms with Gasteiger partial charge in [0.15, 0.2) is 5.78 Å². The monoisotopic (exact) mass is 240 g/mol. The number of carbonyl (C=O) groups is 1. The average molecular weight is 240 g/mol. The highest BCUT2D eigenvalue weighted by molar-refractivity contribution is 5.91. The molecular formula is C12H20N2O3. The molecule has 5 heteroatoms. The number of ether oxygens (including phenoxy) is 2. The van der Waals surface area contributed by atoms with Gasteiger partial charge >= 0.3 is 0 Å². The summed E-state index contributed by atoms with van der Waals surface area (Å²) in [5, 5.41) is 0. The maximum Gasteiger partial charge on any atom is 0.171 e. The van der Waals surface area contributed by atoms with E-state index in [2.05, 4.69) is 9.80 Å². The van der Waals surface area contributed by atoms with E-state index in [1.807, 2.05) is 6.20 Å². The summed E-state index contributed by atoms with van der Waals surface area (Å²) in [5.74, 6) is 0.165. The van der Waals surface area contributed by atoms with Crippen LogP contribution < -0.4 is 0 Å². The Bertz CT molecular complexity index is 269. The third-order valence-electron chi connectivity index (χ3n) is 3.00. The molecule has 0 aromatic rings. The molecular weight excluding hydrogens is 220 g/mol. The zero-order valence-electron chi connectivity index (χ0n) is 10.1. The summed E-state index contributed by atoms with van der Waals surface area (Å²) in [6.45, 7) is 6.95. The fraction of sp³-hybridized carbons (Fsp3) is 0.750. The minimum Gasteiger partial charge on any atom is -0.379 e. The lowest BCUT2D eigenvalue weighted by Gasteiger charge is -2.26. The van der Waals surface area contributed by atoms with Crippen LogP contribution >= 0.6 is 0 Å². The molecule has 0 radical (unpaired) electrons. The van der Waals surface area contributed by atoms with E-state index in [0.29, 0.717) is 6.54 Å². The molecule has 0 amide bonds. The van der Waals surface area contributed by atoms with Crippen LogP contribution in [0.5, 0.6) is 0 Å². The Hall–Kier alpha value is -0.910. The van der Waals surface area contributed by atoms with Gasteiger partial charge in [-0.1, -0.05) is 0 Å². The molecule has 2 rings (SSSR count). The maximum absolute atomic E-state index is 11.7. The van der Waals surface area contributed by atoms with Gasteiger partial charge in [-0.05, 0) is 6.08 Å². The van der Waals surface area contributed by atoms with E-state index >= 15 is 0 Å². The first-order valence-electron chi connectivity index (χ1n) is 6.17. The third kappa shape index (κ3) is 4.46. The molecule has 0 aromatic carbocycles. The second kappa shape index (κ2) is 6.74. The van der Waals surface area contributed by atoms with Crippen molar-refractivity contribution in [3.63, 3.8) is 0 Å². The van der Waals surface area contributed by atoms with Crippen LogP contribution in [0.15, 0.2) is 12.3 Å². The van der Waals surface area contributed by atoms with E-state index in [4.69, 9.17) is 9.47 Å². The van der Waals surface area contributed by atoms with Crippen LogP contribution in [0.3, 0.4) is 0 Å². The first-order chi connectivity index (χ1) is 8.34. The van der Waals surface area contributed by atoms with Gasteiger partial charge in [0.1, 0.15) is 0 Å². The first-order valence-corrected chi connectivity index (χ1v) is 6.17. The van der Waals surface area contributed by atoms with Crippen molar-refractivity contribution in [3.8, 4) is 0 Å². The minimum absolute atomic E-state index is 0.165. The fourth-order valence-corrected chi connectivity index (χ4v) is 1.95. The van der Waals surface area contributed by atoms with E-state index in [0.717, 1.165) is 52.6 Å². The molecule has 2 aliphatic rings. The van der Waals surface area contributed by atoms with Crippen LogP contribution in [0.4, 0.5) is 0 Å². The van der Waals surface area contributed by atoms with Crippen LogP contribution in [-0.4, -0.2) is 74.7 Å². The summed E-state index contributed by atoms with van der Waals surface area (Å²) >= 11 is 0. The standard InChI is InChI=1S/C12H20N2O3/c15-12(11-14-5-9-17-10-6-14)1-2-13-3-7-16-8-4-13/h1-2H,3-11H2/b2-1+. The summed E-state index contributed by atoms with van der Waals surface area (Å²) in [7, 11) is 0. The Labute approximate surface area is 102 Å². The average Bonchev–Trinajstić information content (AvgIpc) is 2.39. The summed E-state index contributed by atoms with van der Waals surface area (Å²) in [4.78, 5) is 16.0. The van der Waals surface area contributed by atoms with E-state index in [-0.39, 0.29) is 5.78 Å². The molecule has 2 fully saturated rings. The van der Waals surface area contributed by atoms with Crippen molar-refractivity contribution in [3.05, 3.63) is 12.3 Å². The second-order valence-corrected chi connectivity index (χ2v) is 4.32. The van der Waals surface area contributed by atoms with Crippen molar-refractivity contribution in [2.75, 3.05) is 59.2 Å². The summed E-state index contributed by atoms with van der Waals surface area (Å²) < 4.78 is 10.5. The van der Waals surface area contributed by atoms with Gasteiger partial charge in [0, 0.05) is 32.4 Å². The Morgan fingerprint density at radius 1 is 1.00 bits per heavy atom. The number of carbonyl (C=O) groups excluding carboxylic acids is 1. The zero-order valence-corrected chi connectivity index (χ0v) is 10.1. The fourth-order valence-electron chi connectivity index (χ4n) is 1.95. The Morgan fingerprint density at radius 3 is 2.24 bits per heavy atom. The molecule has 2 heterocycles. The van der Waals surface area contributed by atoms with E-state index in [9.17, 15) is 4.79 Å². The number of nitrogens with zero attached hydrogens (tertiary/aromatic N) is 2. The third-order valence-corrected chi connectivity index (χ3v) is 3.00. The normalized spacial score (nSPS) is 23.2. The topological polar surface area (TPSA) is 42.0 Å². The quantitative estimate of drug-likeness (QED) is 0.633. The van der Waals surface area contributed by atoms with Crippen LogP contribution in [-0.2, 0) is 14.3 Å². The predicted molar refractivity (Wildman–Crippen MR) is 63.8 cm³/mol. The van der Waals surface area contributed by atoms with Crippen molar-refractivity contribution in [1.82, 2.24) is 9.80 Å². The van der Waals surface area contributed by atoms with Gasteiger partial charge in [-0.25, -0.2) is 0 Å². The van der Waals surface area contributed by atoms with Gasteiger partial charge in [-0.3, -0.25) is 9.69 Å². The van der Waals surface area contributed by atoms with Crippen molar-refractivity contribution in [2.45, 2.75) is 0 Å². The summed E-state index contributed by atoms with van der Waals surface area (Å²) in [6, 6.07) is 0. The molecule has 96 valence electrons. The molecule has 2 aliphatic heterocycles. The lowest BCUT2D eigenvalue weighted by Crippen LogP contribution is -2.39. The van der Waals surface area contributed by atoms with Crippen molar-refractivity contribution in [2.24, 2.45) is 0 Å². The predicted octanol–water partition coefficient (Wildman–Crippen LogP) is -0.266. The van der Waals surface area contributed by atoms with E-state index in [1.165, 1.54) is 0 Å². The molecule has 2 saturated heterocycles. The molecule has 5 nitrogen and oxygen atoms in total. The maximum atomic E-state index is 11.7. The van der Waals surface area contributed by atoms with Gasteiger partial charge in [0.2, 0.25) is 0 Å². The summed E-state index contributed by atoms with van der Waals surface area (Å²) in [6.07, 6.45) is 3.58. The van der Waals surface area contributed by atoms with E-state index < -0.39 is 0 Å². The first kappa shape index (κ1) is 12.5. The highest BCUT2D eigenvalue weighted by Gasteiger charge is 2.13. The Kier molecular flexibility index (Phi) is 4.97. The van der Waals surface area contributed by atoms with Crippen LogP contribution in [0.25, 0.3) is 0 Å². The highest BCUT2D eigenvalue weighted by Crippen LogP contribution is 1.99. The van der Waals surface area contributed by atoms with Crippen LogP contribution in [0.2, 0.25) is 0 Å². The molecule has 0 spiro atoms. The second-order valence-electron chi connectivity index (χ2n) is 4.32. The summed E-state index contributed by atoms with van der Waals surface area (Å²) in [5.41, 5.74) is 0. The van der Waals surface area contributed by atoms with Crippen molar-refractivity contribution >= 4 is 5.78 Å². The number of morpholine rings is 2. The largest absolute Gasteiger partial charge is 0.379 e. The molecule has 0 saturated carbocycles. The van der Waals surface area contributed by atoms with Gasteiger partial charge in [-0.2, -0.15) is 0 Å². The molecule has 0 N–H and O–H groups in total. The number of hydrogen-bond donors (Lipinski definition) is 0. The molecule has 17 heavy (non-hydrogen) atoms. The van der Waals surface area contributed by atoms with E-state index in [1.54, 1.807) is 6.08 Å². The van der Waals surface area contributed by atoms with Crippen molar-refractivity contribution < 1.29 is 14.3 Å². The lowest BCUT2D eigenvalue weighted by molar-refractivity contribution is -0.116. The van der Waals surface area contributed by atoms with Gasteiger partial charge in [-0.15, -0.1) is 0 Å². The number of hydrogen-bond acceptors (Lipinski definition) is 5. The number of rotatable bonds is 4. The van der Waals surface area contributed by atoms with Crippen LogP contribution in [0.1, 0.15) is 0 Å². The zero-order chi connectivity index (χ0) is 11.9. The van der Waals surface area contributed by atoms with Crippen LogP contribution in [0, 0.1) is 0 Å².